The van der Waals surface area contributed by atoms with Gasteiger partial charge < -0.3 is 14.3 Å². The second-order valence-corrected chi connectivity index (χ2v) is 5.15. The van der Waals surface area contributed by atoms with Crippen LogP contribution in [0.3, 0.4) is 0 Å². The van der Waals surface area contributed by atoms with Gasteiger partial charge in [0.1, 0.15) is 11.6 Å². The molecule has 1 aliphatic heterocycles. The van der Waals surface area contributed by atoms with Crippen molar-refractivity contribution in [3.8, 4) is 17.5 Å². The zero-order valence-electron chi connectivity index (χ0n) is 12.0. The van der Waals surface area contributed by atoms with Crippen molar-refractivity contribution < 1.29 is 4.42 Å². The topological polar surface area (TPSA) is 71.0 Å². The van der Waals surface area contributed by atoms with Crippen molar-refractivity contribution in [2.24, 2.45) is 0 Å². The Balaban J connectivity index is 2.38. The van der Waals surface area contributed by atoms with E-state index in [1.165, 1.54) is 0 Å². The highest BCUT2D eigenvalue weighted by Crippen LogP contribution is 2.29. The molecule has 0 fully saturated rings. The molecular formula is C16H17N3O2. The third-order valence-corrected chi connectivity index (χ3v) is 3.85. The van der Waals surface area contributed by atoms with Crippen LogP contribution in [0, 0.1) is 11.3 Å². The molecule has 3 heterocycles. The summed E-state index contributed by atoms with van der Waals surface area (Å²) in [6, 6.07) is 5.78. The minimum Gasteiger partial charge on any atom is -0.463 e. The molecule has 5 nitrogen and oxygen atoms in total. The van der Waals surface area contributed by atoms with Gasteiger partial charge in [0.15, 0.2) is 5.76 Å². The summed E-state index contributed by atoms with van der Waals surface area (Å²) in [5.74, 6) is 0.685. The Hall–Kier alpha value is -2.32. The van der Waals surface area contributed by atoms with Gasteiger partial charge in [-0.05, 0) is 42.6 Å². The van der Waals surface area contributed by atoms with Crippen molar-refractivity contribution >= 4 is 0 Å². The second-order valence-electron chi connectivity index (χ2n) is 5.15. The van der Waals surface area contributed by atoms with Gasteiger partial charge in [0, 0.05) is 13.1 Å². The molecule has 0 aromatic carbocycles. The maximum Gasteiger partial charge on any atom is 0.269 e. The van der Waals surface area contributed by atoms with Crippen LogP contribution in [-0.4, -0.2) is 11.1 Å². The van der Waals surface area contributed by atoms with Gasteiger partial charge >= 0.3 is 0 Å². The lowest BCUT2D eigenvalue weighted by Crippen LogP contribution is -2.33. The molecule has 0 radical (unpaired) electrons. The maximum absolute atomic E-state index is 12.7. The van der Waals surface area contributed by atoms with E-state index in [2.05, 4.69) is 11.4 Å². The first kappa shape index (κ1) is 13.7. The molecule has 21 heavy (non-hydrogen) atoms. The highest BCUT2D eigenvalue weighted by atomic mass is 16.3. The van der Waals surface area contributed by atoms with Crippen LogP contribution in [0.5, 0.6) is 0 Å². The van der Waals surface area contributed by atoms with Crippen molar-refractivity contribution in [2.45, 2.75) is 32.9 Å². The SMILES string of the molecule is CCCn1c(-c2ccco2)c2c(c(C#N)c1=O)CCNC2. The minimum absolute atomic E-state index is 0.202. The van der Waals surface area contributed by atoms with Gasteiger partial charge in [0.2, 0.25) is 0 Å². The average molecular weight is 283 g/mol. The molecule has 108 valence electrons. The molecule has 1 N–H and O–H groups in total. The van der Waals surface area contributed by atoms with Crippen LogP contribution < -0.4 is 10.9 Å². The summed E-state index contributed by atoms with van der Waals surface area (Å²) in [5, 5.41) is 12.7. The Morgan fingerprint density at radius 3 is 3.00 bits per heavy atom. The monoisotopic (exact) mass is 283 g/mol. The molecule has 1 aliphatic rings. The molecule has 2 aromatic rings. The fourth-order valence-corrected chi connectivity index (χ4v) is 2.96. The molecule has 0 atom stereocenters. The van der Waals surface area contributed by atoms with E-state index >= 15 is 0 Å². The maximum atomic E-state index is 12.7. The largest absolute Gasteiger partial charge is 0.463 e. The lowest BCUT2D eigenvalue weighted by Gasteiger charge is -2.24. The summed E-state index contributed by atoms with van der Waals surface area (Å²) in [6.45, 7) is 4.04. The molecule has 0 unspecified atom stereocenters. The Kier molecular flexibility index (Phi) is 3.63. The first-order valence-electron chi connectivity index (χ1n) is 7.21. The van der Waals surface area contributed by atoms with Gasteiger partial charge in [0.25, 0.3) is 5.56 Å². The Labute approximate surface area is 122 Å². The standard InChI is InChI=1S/C16H17N3O2/c1-2-7-19-15(14-4-3-8-21-14)13-10-18-6-5-11(13)12(9-17)16(19)20/h3-4,8,18H,2,5-7,10H2,1H3. The zero-order valence-corrected chi connectivity index (χ0v) is 12.0. The third kappa shape index (κ3) is 2.18. The van der Waals surface area contributed by atoms with Gasteiger partial charge in [-0.3, -0.25) is 4.79 Å². The molecule has 0 saturated carbocycles. The van der Waals surface area contributed by atoms with Crippen LogP contribution in [0.1, 0.15) is 30.0 Å². The summed E-state index contributed by atoms with van der Waals surface area (Å²) in [7, 11) is 0. The van der Waals surface area contributed by atoms with Crippen molar-refractivity contribution in [1.82, 2.24) is 9.88 Å². The Bertz CT molecular complexity index is 751. The van der Waals surface area contributed by atoms with E-state index in [1.54, 1.807) is 10.8 Å². The smallest absolute Gasteiger partial charge is 0.269 e. The van der Waals surface area contributed by atoms with Crippen LogP contribution in [-0.2, 0) is 19.5 Å². The number of aromatic nitrogens is 1. The Morgan fingerprint density at radius 2 is 2.33 bits per heavy atom. The normalized spacial score (nSPS) is 13.7. The molecule has 5 heteroatoms. The van der Waals surface area contributed by atoms with E-state index in [4.69, 9.17) is 4.42 Å². The number of hydrogen-bond acceptors (Lipinski definition) is 4. The molecule has 0 saturated heterocycles. The van der Waals surface area contributed by atoms with E-state index in [0.717, 1.165) is 29.8 Å². The highest BCUT2D eigenvalue weighted by Gasteiger charge is 2.25. The van der Waals surface area contributed by atoms with Gasteiger partial charge in [-0.15, -0.1) is 0 Å². The van der Waals surface area contributed by atoms with Crippen LogP contribution in [0.4, 0.5) is 0 Å². The number of rotatable bonds is 3. The summed E-state index contributed by atoms with van der Waals surface area (Å²) >= 11 is 0. The van der Waals surface area contributed by atoms with Crippen molar-refractivity contribution in [3.05, 3.63) is 45.4 Å². The van der Waals surface area contributed by atoms with Crippen molar-refractivity contribution in [3.63, 3.8) is 0 Å². The van der Waals surface area contributed by atoms with E-state index in [-0.39, 0.29) is 11.1 Å². The first-order chi connectivity index (χ1) is 10.3. The number of furan rings is 1. The average Bonchev–Trinajstić information content (AvgIpc) is 3.02. The van der Waals surface area contributed by atoms with E-state index in [1.807, 2.05) is 19.1 Å². The summed E-state index contributed by atoms with van der Waals surface area (Å²) in [6.07, 6.45) is 3.13. The predicted octanol–water partition coefficient (Wildman–Crippen LogP) is 2.04. The van der Waals surface area contributed by atoms with Gasteiger partial charge in [-0.1, -0.05) is 6.92 Å². The van der Waals surface area contributed by atoms with E-state index in [0.29, 0.717) is 25.3 Å². The number of nitrogens with one attached hydrogen (secondary N) is 1. The molecular weight excluding hydrogens is 266 g/mol. The summed E-state index contributed by atoms with van der Waals surface area (Å²) in [5.41, 5.74) is 2.79. The van der Waals surface area contributed by atoms with Gasteiger partial charge in [-0.25, -0.2) is 0 Å². The Morgan fingerprint density at radius 1 is 1.48 bits per heavy atom. The number of nitrogens with zero attached hydrogens (tertiary/aromatic N) is 2. The fraction of sp³-hybridized carbons (Fsp3) is 0.375. The summed E-state index contributed by atoms with van der Waals surface area (Å²) in [4.78, 5) is 12.7. The van der Waals surface area contributed by atoms with Crippen LogP contribution in [0.2, 0.25) is 0 Å². The lowest BCUT2D eigenvalue weighted by atomic mass is 9.94. The van der Waals surface area contributed by atoms with Gasteiger partial charge in [0.05, 0.1) is 12.0 Å². The quantitative estimate of drug-likeness (QED) is 0.935. The number of nitriles is 1. The number of fused-ring (bicyclic) bond motifs is 1. The molecule has 0 bridgehead atoms. The van der Waals surface area contributed by atoms with Crippen molar-refractivity contribution in [2.75, 3.05) is 6.54 Å². The van der Waals surface area contributed by atoms with Crippen LogP contribution >= 0.6 is 0 Å². The lowest BCUT2D eigenvalue weighted by molar-refractivity contribution is 0.553. The number of hydrogen-bond donors (Lipinski definition) is 1. The number of pyridine rings is 1. The molecule has 0 aliphatic carbocycles. The van der Waals surface area contributed by atoms with Crippen LogP contribution in [0.25, 0.3) is 11.5 Å². The minimum atomic E-state index is -0.202. The molecule has 0 spiro atoms. The molecule has 0 amide bonds. The summed E-state index contributed by atoms with van der Waals surface area (Å²) < 4.78 is 7.21. The van der Waals surface area contributed by atoms with Crippen LogP contribution in [0.15, 0.2) is 27.6 Å². The van der Waals surface area contributed by atoms with Crippen molar-refractivity contribution in [1.29, 1.82) is 5.26 Å². The molecule has 3 rings (SSSR count). The van der Waals surface area contributed by atoms with E-state index < -0.39 is 0 Å². The zero-order chi connectivity index (χ0) is 14.8. The predicted molar refractivity (Wildman–Crippen MR) is 78.8 cm³/mol. The van der Waals surface area contributed by atoms with E-state index in [9.17, 15) is 10.1 Å². The third-order valence-electron chi connectivity index (χ3n) is 3.85. The fourth-order valence-electron chi connectivity index (χ4n) is 2.96. The first-order valence-corrected chi connectivity index (χ1v) is 7.21. The highest BCUT2D eigenvalue weighted by molar-refractivity contribution is 5.63. The van der Waals surface area contributed by atoms with Gasteiger partial charge in [-0.2, -0.15) is 5.26 Å². The second kappa shape index (κ2) is 5.58. The molecule has 2 aromatic heterocycles.